The van der Waals surface area contributed by atoms with Crippen molar-refractivity contribution in [3.63, 3.8) is 0 Å². The molecule has 0 aromatic rings. The minimum absolute atomic E-state index is 0.0509. The van der Waals surface area contributed by atoms with Crippen LogP contribution in [0.25, 0.3) is 0 Å². The monoisotopic (exact) mass is 422 g/mol. The van der Waals surface area contributed by atoms with Crippen molar-refractivity contribution in [2.75, 3.05) is 39.6 Å². The van der Waals surface area contributed by atoms with Crippen molar-refractivity contribution in [2.45, 2.75) is 15.7 Å². The zero-order chi connectivity index (χ0) is 18.3. The van der Waals surface area contributed by atoms with Gasteiger partial charge in [-0.2, -0.15) is 25.3 Å². The van der Waals surface area contributed by atoms with Crippen LogP contribution in [0, 0.1) is 0 Å². The van der Waals surface area contributed by atoms with Gasteiger partial charge in [0, 0.05) is 0 Å². The van der Waals surface area contributed by atoms with Crippen molar-refractivity contribution >= 4 is 37.7 Å². The van der Waals surface area contributed by atoms with E-state index in [1.54, 1.807) is 0 Å². The number of rotatable bonds is 9. The van der Waals surface area contributed by atoms with Crippen molar-refractivity contribution in [1.29, 1.82) is 0 Å². The van der Waals surface area contributed by atoms with Gasteiger partial charge in [-0.3, -0.25) is 12.5 Å². The third kappa shape index (κ3) is 4.33. The van der Waals surface area contributed by atoms with Gasteiger partial charge < -0.3 is 14.0 Å². The second kappa shape index (κ2) is 7.01. The molecule has 0 aromatic carbocycles. The maximum absolute atomic E-state index is 11.3. The lowest BCUT2D eigenvalue weighted by molar-refractivity contribution is 0.0666. The van der Waals surface area contributed by atoms with E-state index in [0.29, 0.717) is 0 Å². The van der Waals surface area contributed by atoms with Crippen LogP contribution in [-0.2, 0) is 56.9 Å². The third-order valence-electron chi connectivity index (χ3n) is 3.73. The van der Waals surface area contributed by atoms with Crippen LogP contribution in [0.5, 0.6) is 0 Å². The van der Waals surface area contributed by atoms with Crippen molar-refractivity contribution in [2.24, 2.45) is 0 Å². The van der Waals surface area contributed by atoms with Crippen LogP contribution in [0.15, 0.2) is 0 Å². The van der Waals surface area contributed by atoms with Crippen molar-refractivity contribution in [3.05, 3.63) is 0 Å². The quantitative estimate of drug-likeness (QED) is 0.278. The molecule has 3 heterocycles. The Labute approximate surface area is 145 Å². The van der Waals surface area contributed by atoms with E-state index < -0.39 is 53.4 Å². The van der Waals surface area contributed by atoms with Gasteiger partial charge in [-0.15, -0.1) is 0 Å². The molecule has 0 spiro atoms. The highest BCUT2D eigenvalue weighted by Crippen LogP contribution is 2.21. The molecule has 3 unspecified atom stereocenters. The summed E-state index contributed by atoms with van der Waals surface area (Å²) < 4.78 is 96.3. The van der Waals surface area contributed by atoms with Gasteiger partial charge in [0.25, 0.3) is 30.4 Å². The Bertz CT molecular complexity index is 695. The van der Waals surface area contributed by atoms with Gasteiger partial charge in [-0.05, 0) is 0 Å². The molecule has 3 fully saturated rings. The number of hydrogen-bond acceptors (Lipinski definition) is 12. The normalized spacial score (nSPS) is 34.3. The topological polar surface area (TPSA) is 158 Å². The van der Waals surface area contributed by atoms with Gasteiger partial charge in [0.2, 0.25) is 0 Å². The highest BCUT2D eigenvalue weighted by molar-refractivity contribution is 7.89. The molecule has 3 aliphatic heterocycles. The molecule has 0 aromatic heterocycles. The Balaban J connectivity index is 1.51. The minimum Gasteiger partial charge on any atom is -0.384 e. The molecule has 3 aliphatic rings. The molecular weight excluding hydrogens is 407 g/mol. The lowest BCUT2D eigenvalue weighted by Crippen LogP contribution is -2.49. The Morgan fingerprint density at radius 2 is 0.920 bits per heavy atom. The molecule has 3 atom stereocenters. The van der Waals surface area contributed by atoms with E-state index in [0.717, 1.165) is 0 Å². The molecule has 3 rings (SSSR count). The minimum atomic E-state index is -3.67. The van der Waals surface area contributed by atoms with Crippen LogP contribution >= 0.6 is 0 Å². The Hall–Kier alpha value is -0.325. The maximum Gasteiger partial charge on any atom is 0.639 e. The van der Waals surface area contributed by atoms with Crippen LogP contribution in [0.4, 0.5) is 0 Å². The van der Waals surface area contributed by atoms with Gasteiger partial charge in [-0.25, -0.2) is 0 Å². The molecule has 12 nitrogen and oxygen atoms in total. The predicted molar refractivity (Wildman–Crippen MR) is 79.6 cm³/mol. The molecule has 0 aliphatic carbocycles. The molecule has 16 heteroatoms. The smallest absolute Gasteiger partial charge is 0.384 e. The van der Waals surface area contributed by atoms with E-state index in [9.17, 15) is 25.3 Å². The SMILES string of the molecule is O=S1(=O)OCC1COB(OCC1COS1(=O)=O)OCC1COS1(=O)=O. The van der Waals surface area contributed by atoms with Gasteiger partial charge in [0.15, 0.2) is 0 Å². The lowest BCUT2D eigenvalue weighted by atomic mass is 10.2. The second-order valence-corrected chi connectivity index (χ2v) is 11.2. The summed E-state index contributed by atoms with van der Waals surface area (Å²) in [5, 5.41) is -2.68. The Morgan fingerprint density at radius 1 is 0.640 bits per heavy atom. The molecule has 144 valence electrons. The summed E-state index contributed by atoms with van der Waals surface area (Å²) in [6.45, 7) is -1.08. The lowest BCUT2D eigenvalue weighted by Gasteiger charge is -2.29. The van der Waals surface area contributed by atoms with Crippen LogP contribution in [-0.4, -0.2) is 88.0 Å². The van der Waals surface area contributed by atoms with E-state index in [2.05, 4.69) is 12.5 Å². The first-order chi connectivity index (χ1) is 11.6. The highest BCUT2D eigenvalue weighted by atomic mass is 32.2. The van der Waals surface area contributed by atoms with Crippen LogP contribution in [0.3, 0.4) is 0 Å². The Kier molecular flexibility index (Phi) is 5.45. The molecule has 3 saturated heterocycles. The first-order valence-corrected chi connectivity index (χ1v) is 11.5. The van der Waals surface area contributed by atoms with Crippen LogP contribution in [0.2, 0.25) is 0 Å². The summed E-state index contributed by atoms with van der Waals surface area (Å²) in [6.07, 6.45) is 0. The summed E-state index contributed by atoms with van der Waals surface area (Å²) in [4.78, 5) is 0. The highest BCUT2D eigenvalue weighted by Gasteiger charge is 2.43. The van der Waals surface area contributed by atoms with E-state index in [1.165, 1.54) is 0 Å². The fraction of sp³-hybridized carbons (Fsp3) is 1.00. The fourth-order valence-corrected chi connectivity index (χ4v) is 4.31. The summed E-state index contributed by atoms with van der Waals surface area (Å²) in [5.41, 5.74) is 0. The standard InChI is InChI=1S/C9H15BO12S3/c11-23(12)7(4-20-23)1-17-10(18-2-8-5-21-24(8,13)14)19-3-9-6-22-25(9,15)16/h7-9H,1-6H2. The van der Waals surface area contributed by atoms with Crippen LogP contribution in [0.1, 0.15) is 0 Å². The first kappa shape index (κ1) is 19.4. The van der Waals surface area contributed by atoms with E-state index in [4.69, 9.17) is 14.0 Å². The van der Waals surface area contributed by atoms with Crippen LogP contribution < -0.4 is 0 Å². The molecule has 0 bridgehead atoms. The maximum atomic E-state index is 11.3. The Morgan fingerprint density at radius 3 is 1.08 bits per heavy atom. The molecular formula is C9H15BO12S3. The second-order valence-electron chi connectivity index (χ2n) is 5.49. The van der Waals surface area contributed by atoms with E-state index >= 15 is 0 Å². The average molecular weight is 422 g/mol. The molecule has 0 N–H and O–H groups in total. The van der Waals surface area contributed by atoms with E-state index in [1.807, 2.05) is 0 Å². The van der Waals surface area contributed by atoms with Crippen molar-refractivity contribution < 1.29 is 51.8 Å². The average Bonchev–Trinajstić information content (AvgIpc) is 2.51. The van der Waals surface area contributed by atoms with Crippen molar-refractivity contribution in [1.82, 2.24) is 0 Å². The largest absolute Gasteiger partial charge is 0.639 e. The first-order valence-electron chi connectivity index (χ1n) is 7.10. The van der Waals surface area contributed by atoms with Crippen molar-refractivity contribution in [3.8, 4) is 0 Å². The van der Waals surface area contributed by atoms with E-state index in [-0.39, 0.29) is 39.6 Å². The zero-order valence-corrected chi connectivity index (χ0v) is 15.1. The molecule has 0 radical (unpaired) electrons. The summed E-state index contributed by atoms with van der Waals surface area (Å²) in [5.74, 6) is 0. The number of hydrogen-bond donors (Lipinski definition) is 0. The third-order valence-corrected chi connectivity index (χ3v) is 8.39. The fourth-order valence-electron chi connectivity index (χ4n) is 1.92. The van der Waals surface area contributed by atoms with Gasteiger partial charge in [0.05, 0.1) is 39.6 Å². The summed E-state index contributed by atoms with van der Waals surface area (Å²) in [7, 11) is -12.5. The molecule has 0 saturated carbocycles. The van der Waals surface area contributed by atoms with Gasteiger partial charge in [-0.1, -0.05) is 0 Å². The molecule has 25 heavy (non-hydrogen) atoms. The zero-order valence-electron chi connectivity index (χ0n) is 12.7. The van der Waals surface area contributed by atoms with Gasteiger partial charge >= 0.3 is 7.32 Å². The summed E-state index contributed by atoms with van der Waals surface area (Å²) >= 11 is 0. The predicted octanol–water partition coefficient (Wildman–Crippen LogP) is -2.79. The van der Waals surface area contributed by atoms with Gasteiger partial charge in [0.1, 0.15) is 15.7 Å². The summed E-state index contributed by atoms with van der Waals surface area (Å²) in [6, 6.07) is 0. The molecule has 0 amide bonds.